The molecule has 1 N–H and O–H groups in total. The van der Waals surface area contributed by atoms with Crippen LogP contribution in [0.2, 0.25) is 0 Å². The van der Waals surface area contributed by atoms with Gasteiger partial charge in [0.25, 0.3) is 0 Å². The summed E-state index contributed by atoms with van der Waals surface area (Å²) in [6, 6.07) is 0. The topological polar surface area (TPSA) is 27.7 Å². The lowest BCUT2D eigenvalue weighted by molar-refractivity contribution is -0.324. The van der Waals surface area contributed by atoms with E-state index in [-0.39, 0.29) is 6.61 Å². The maximum atomic E-state index is 11.7. The van der Waals surface area contributed by atoms with Crippen molar-refractivity contribution in [2.24, 2.45) is 0 Å². The summed E-state index contributed by atoms with van der Waals surface area (Å²) in [7, 11) is 1.81. The van der Waals surface area contributed by atoms with E-state index in [1.807, 2.05) is 11.9 Å². The Kier molecular flexibility index (Phi) is 6.18. The van der Waals surface area contributed by atoms with Gasteiger partial charge in [-0.05, 0) is 7.05 Å². The quantitative estimate of drug-likeness (QED) is 0.741. The van der Waals surface area contributed by atoms with Crippen LogP contribution in [0, 0.1) is 0 Å². The zero-order valence-electron chi connectivity index (χ0n) is 10.1. The van der Waals surface area contributed by atoms with Gasteiger partial charge >= 0.3 is 6.36 Å². The average Bonchev–Trinajstić information content (AvgIpc) is 2.26. The fourth-order valence-corrected chi connectivity index (χ4v) is 1.68. The molecule has 102 valence electrons. The van der Waals surface area contributed by atoms with Crippen molar-refractivity contribution in [1.29, 1.82) is 0 Å². The second-order valence-corrected chi connectivity index (χ2v) is 4.19. The van der Waals surface area contributed by atoms with E-state index in [4.69, 9.17) is 0 Å². The Morgan fingerprint density at radius 2 is 1.88 bits per heavy atom. The van der Waals surface area contributed by atoms with Gasteiger partial charge in [-0.2, -0.15) is 0 Å². The molecule has 17 heavy (non-hydrogen) atoms. The number of ether oxygens (including phenoxy) is 1. The smallest absolute Gasteiger partial charge is 0.314 e. The van der Waals surface area contributed by atoms with Gasteiger partial charge in [0.2, 0.25) is 0 Å². The number of hydrogen-bond acceptors (Lipinski definition) is 4. The highest BCUT2D eigenvalue weighted by Crippen LogP contribution is 2.15. The van der Waals surface area contributed by atoms with Gasteiger partial charge in [0.05, 0.1) is 6.61 Å². The lowest BCUT2D eigenvalue weighted by Gasteiger charge is -2.29. The number of halogens is 3. The Morgan fingerprint density at radius 1 is 1.24 bits per heavy atom. The second kappa shape index (κ2) is 7.15. The largest absolute Gasteiger partial charge is 0.522 e. The lowest BCUT2D eigenvalue weighted by Crippen LogP contribution is -2.46. The van der Waals surface area contributed by atoms with Gasteiger partial charge in [0, 0.05) is 45.8 Å². The molecule has 1 fully saturated rings. The first kappa shape index (κ1) is 14.7. The van der Waals surface area contributed by atoms with Crippen molar-refractivity contribution < 1.29 is 17.9 Å². The van der Waals surface area contributed by atoms with Gasteiger partial charge < -0.3 is 10.2 Å². The third-order valence-corrected chi connectivity index (χ3v) is 2.75. The van der Waals surface area contributed by atoms with Crippen LogP contribution in [0.25, 0.3) is 0 Å². The number of alkyl halides is 3. The number of rotatable bonds is 6. The Labute approximate surface area is 99.7 Å². The fourth-order valence-electron chi connectivity index (χ4n) is 1.68. The third kappa shape index (κ3) is 7.54. The molecule has 4 nitrogen and oxygen atoms in total. The molecule has 1 saturated heterocycles. The minimum Gasteiger partial charge on any atom is -0.314 e. The van der Waals surface area contributed by atoms with Crippen molar-refractivity contribution in [3.63, 3.8) is 0 Å². The van der Waals surface area contributed by atoms with Crippen LogP contribution >= 0.6 is 0 Å². The monoisotopic (exact) mass is 255 g/mol. The zero-order valence-corrected chi connectivity index (χ0v) is 10.1. The summed E-state index contributed by atoms with van der Waals surface area (Å²) in [5.41, 5.74) is 0. The minimum atomic E-state index is -4.51. The standard InChI is InChI=1S/C10H20F3N3O/c1-15(8-9-17-10(11,12)13)6-7-16-4-2-14-3-5-16/h14H,2-9H2,1H3. The summed E-state index contributed by atoms with van der Waals surface area (Å²) in [5.74, 6) is 0. The fraction of sp³-hybridized carbons (Fsp3) is 1.00. The van der Waals surface area contributed by atoms with Gasteiger partial charge in [0.1, 0.15) is 0 Å². The predicted molar refractivity (Wildman–Crippen MR) is 58.8 cm³/mol. The molecule has 1 aliphatic heterocycles. The molecule has 0 spiro atoms. The van der Waals surface area contributed by atoms with Crippen LogP contribution in [0.3, 0.4) is 0 Å². The molecule has 0 radical (unpaired) electrons. The van der Waals surface area contributed by atoms with Crippen LogP contribution in [0.5, 0.6) is 0 Å². The molecule has 0 aromatic rings. The summed E-state index contributed by atoms with van der Waals surface area (Å²) < 4.78 is 38.9. The molecule has 0 saturated carbocycles. The van der Waals surface area contributed by atoms with Crippen LogP contribution in [0.4, 0.5) is 13.2 Å². The van der Waals surface area contributed by atoms with E-state index in [1.54, 1.807) is 0 Å². The summed E-state index contributed by atoms with van der Waals surface area (Å²) in [6.07, 6.45) is -4.51. The van der Waals surface area contributed by atoms with E-state index in [1.165, 1.54) is 0 Å². The highest BCUT2D eigenvalue weighted by Gasteiger charge is 2.28. The number of hydrogen-bond donors (Lipinski definition) is 1. The van der Waals surface area contributed by atoms with Crippen LogP contribution in [0.15, 0.2) is 0 Å². The minimum absolute atomic E-state index is 0.297. The van der Waals surface area contributed by atoms with E-state index in [9.17, 15) is 13.2 Å². The number of piperazine rings is 1. The highest BCUT2D eigenvalue weighted by atomic mass is 19.4. The van der Waals surface area contributed by atoms with Crippen molar-refractivity contribution in [3.8, 4) is 0 Å². The molecule has 1 heterocycles. The Morgan fingerprint density at radius 3 is 2.47 bits per heavy atom. The molecule has 1 rings (SSSR count). The first-order valence-electron chi connectivity index (χ1n) is 5.80. The summed E-state index contributed by atoms with van der Waals surface area (Å²) in [4.78, 5) is 4.16. The highest BCUT2D eigenvalue weighted by molar-refractivity contribution is 4.68. The van der Waals surface area contributed by atoms with Gasteiger partial charge in [-0.15, -0.1) is 13.2 Å². The summed E-state index contributed by atoms with van der Waals surface area (Å²) in [5, 5.41) is 3.25. The van der Waals surface area contributed by atoms with Crippen LogP contribution in [0.1, 0.15) is 0 Å². The van der Waals surface area contributed by atoms with Gasteiger partial charge in [-0.3, -0.25) is 9.64 Å². The normalized spacial score (nSPS) is 18.9. The molecule has 7 heteroatoms. The Bertz CT molecular complexity index is 207. The molecule has 1 aliphatic rings. The maximum Gasteiger partial charge on any atom is 0.522 e. The molecule has 0 unspecified atom stereocenters. The molecule has 0 bridgehead atoms. The van der Waals surface area contributed by atoms with E-state index in [2.05, 4.69) is 15.0 Å². The molecular formula is C10H20F3N3O. The second-order valence-electron chi connectivity index (χ2n) is 4.19. The lowest BCUT2D eigenvalue weighted by atomic mass is 10.3. The van der Waals surface area contributed by atoms with Crippen molar-refractivity contribution in [3.05, 3.63) is 0 Å². The van der Waals surface area contributed by atoms with Crippen LogP contribution in [-0.4, -0.2) is 75.6 Å². The average molecular weight is 255 g/mol. The van der Waals surface area contributed by atoms with Gasteiger partial charge in [0.15, 0.2) is 0 Å². The van der Waals surface area contributed by atoms with Crippen molar-refractivity contribution in [2.45, 2.75) is 6.36 Å². The molecule has 0 aromatic carbocycles. The van der Waals surface area contributed by atoms with Gasteiger partial charge in [-0.1, -0.05) is 0 Å². The number of likely N-dealkylation sites (N-methyl/N-ethyl adjacent to an activating group) is 1. The molecule has 0 aliphatic carbocycles. The summed E-state index contributed by atoms with van der Waals surface area (Å²) in [6.45, 7) is 5.64. The Balaban J connectivity index is 2.02. The summed E-state index contributed by atoms with van der Waals surface area (Å²) >= 11 is 0. The predicted octanol–water partition coefficient (Wildman–Crippen LogP) is 0.360. The molecule has 0 amide bonds. The van der Waals surface area contributed by atoms with Crippen molar-refractivity contribution >= 4 is 0 Å². The molecule has 0 atom stereocenters. The first-order valence-corrected chi connectivity index (χ1v) is 5.80. The van der Waals surface area contributed by atoms with E-state index in [0.717, 1.165) is 39.3 Å². The van der Waals surface area contributed by atoms with Crippen molar-refractivity contribution in [1.82, 2.24) is 15.1 Å². The SMILES string of the molecule is CN(CCOC(F)(F)F)CCN1CCNCC1. The third-order valence-electron chi connectivity index (χ3n) is 2.75. The molecular weight excluding hydrogens is 235 g/mol. The van der Waals surface area contributed by atoms with Gasteiger partial charge in [-0.25, -0.2) is 0 Å². The van der Waals surface area contributed by atoms with E-state index >= 15 is 0 Å². The molecule has 0 aromatic heterocycles. The number of nitrogens with one attached hydrogen (secondary N) is 1. The van der Waals surface area contributed by atoms with Crippen LogP contribution < -0.4 is 5.32 Å². The number of nitrogens with zero attached hydrogens (tertiary/aromatic N) is 2. The van der Waals surface area contributed by atoms with Crippen LogP contribution in [-0.2, 0) is 4.74 Å². The Hall–Kier alpha value is -0.370. The van der Waals surface area contributed by atoms with E-state index in [0.29, 0.717) is 6.54 Å². The zero-order chi connectivity index (χ0) is 12.7. The maximum absolute atomic E-state index is 11.7. The first-order chi connectivity index (χ1) is 7.97. The van der Waals surface area contributed by atoms with E-state index < -0.39 is 6.36 Å². The van der Waals surface area contributed by atoms with Crippen molar-refractivity contribution in [2.75, 3.05) is 59.5 Å².